The maximum Gasteiger partial charge on any atom is 0.208 e. The van der Waals surface area contributed by atoms with Crippen molar-refractivity contribution in [1.29, 1.82) is 0 Å². The van der Waals surface area contributed by atoms with Crippen LogP contribution < -0.4 is 0 Å². The number of hydrogen-bond acceptors (Lipinski definition) is 3. The van der Waals surface area contributed by atoms with Gasteiger partial charge in [0, 0.05) is 12.4 Å². The van der Waals surface area contributed by atoms with Crippen LogP contribution in [0.1, 0.15) is 0 Å². The molecular formula is C25H17FN2O2S. The lowest BCUT2D eigenvalue weighted by molar-refractivity contribution is 0.595. The van der Waals surface area contributed by atoms with Gasteiger partial charge in [0.25, 0.3) is 0 Å². The number of rotatable bonds is 4. The summed E-state index contributed by atoms with van der Waals surface area (Å²) in [5.74, 6) is -0.282. The molecule has 31 heavy (non-hydrogen) atoms. The Morgan fingerprint density at radius 1 is 0.774 bits per heavy atom. The predicted octanol–water partition coefficient (Wildman–Crippen LogP) is 5.66. The van der Waals surface area contributed by atoms with Crippen molar-refractivity contribution in [2.75, 3.05) is 0 Å². The predicted molar refractivity (Wildman–Crippen MR) is 118 cm³/mol. The van der Waals surface area contributed by atoms with Gasteiger partial charge < -0.3 is 4.57 Å². The van der Waals surface area contributed by atoms with E-state index in [2.05, 4.69) is 4.98 Å². The quantitative estimate of drug-likeness (QED) is 0.371. The minimum atomic E-state index is -3.74. The zero-order valence-corrected chi connectivity index (χ0v) is 17.1. The fourth-order valence-electron chi connectivity index (χ4n) is 3.64. The van der Waals surface area contributed by atoms with Gasteiger partial charge in [0.05, 0.1) is 21.8 Å². The Kier molecular flexibility index (Phi) is 4.64. The summed E-state index contributed by atoms with van der Waals surface area (Å²) in [7, 11) is -3.74. The molecule has 5 aromatic rings. The van der Waals surface area contributed by atoms with Gasteiger partial charge in [-0.25, -0.2) is 17.8 Å². The van der Waals surface area contributed by atoms with Crippen LogP contribution in [0.25, 0.3) is 27.6 Å². The van der Waals surface area contributed by atoms with E-state index in [1.165, 1.54) is 12.1 Å². The molecule has 0 unspecified atom stereocenters. The molecule has 0 aliphatic rings. The molecule has 0 N–H and O–H groups in total. The molecule has 4 nitrogen and oxygen atoms in total. The minimum Gasteiger partial charge on any atom is -0.305 e. The molecule has 0 fully saturated rings. The van der Waals surface area contributed by atoms with Crippen LogP contribution in [0.2, 0.25) is 0 Å². The van der Waals surface area contributed by atoms with Crippen LogP contribution in [0.3, 0.4) is 0 Å². The molecule has 0 aliphatic carbocycles. The Morgan fingerprint density at radius 2 is 1.48 bits per heavy atom. The average molecular weight is 428 g/mol. The molecule has 0 amide bonds. The third-order valence-electron chi connectivity index (χ3n) is 5.24. The van der Waals surface area contributed by atoms with E-state index >= 15 is 0 Å². The normalized spacial score (nSPS) is 11.6. The molecule has 152 valence electrons. The van der Waals surface area contributed by atoms with Gasteiger partial charge in [-0.3, -0.25) is 0 Å². The highest BCUT2D eigenvalue weighted by atomic mass is 32.2. The van der Waals surface area contributed by atoms with E-state index < -0.39 is 9.84 Å². The molecule has 0 saturated carbocycles. The van der Waals surface area contributed by atoms with E-state index in [0.717, 1.165) is 21.9 Å². The summed E-state index contributed by atoms with van der Waals surface area (Å²) in [6.07, 6.45) is 4.90. The first-order chi connectivity index (χ1) is 15.0. The number of imidazole rings is 1. The SMILES string of the molecule is O=S(=O)(c1ccc2cc(-c3ccc(F)cc3)ccc2c1)c1ccccc1-n1ccnc1. The van der Waals surface area contributed by atoms with Crippen LogP contribution in [0, 0.1) is 5.82 Å². The molecule has 1 aromatic heterocycles. The van der Waals surface area contributed by atoms with E-state index in [0.29, 0.717) is 5.69 Å². The maximum atomic E-state index is 13.4. The smallest absolute Gasteiger partial charge is 0.208 e. The van der Waals surface area contributed by atoms with Gasteiger partial charge in [0.2, 0.25) is 9.84 Å². The number of nitrogens with zero attached hydrogens (tertiary/aromatic N) is 2. The van der Waals surface area contributed by atoms with Gasteiger partial charge in [-0.15, -0.1) is 0 Å². The molecule has 1 heterocycles. The first-order valence-electron chi connectivity index (χ1n) is 9.65. The van der Waals surface area contributed by atoms with E-state index in [1.807, 2.05) is 18.2 Å². The average Bonchev–Trinajstić information content (AvgIpc) is 3.34. The second kappa shape index (κ2) is 7.49. The van der Waals surface area contributed by atoms with Crippen LogP contribution in [0.4, 0.5) is 4.39 Å². The summed E-state index contributed by atoms with van der Waals surface area (Å²) < 4.78 is 41.8. The molecule has 0 atom stereocenters. The number of fused-ring (bicyclic) bond motifs is 1. The Morgan fingerprint density at radius 3 is 2.26 bits per heavy atom. The highest BCUT2D eigenvalue weighted by Crippen LogP contribution is 2.30. The van der Waals surface area contributed by atoms with Crippen molar-refractivity contribution in [2.45, 2.75) is 9.79 Å². The molecule has 0 radical (unpaired) electrons. The van der Waals surface area contributed by atoms with Crippen molar-refractivity contribution in [2.24, 2.45) is 0 Å². The molecule has 5 rings (SSSR count). The van der Waals surface area contributed by atoms with Crippen LogP contribution in [0.15, 0.2) is 113 Å². The Labute approximate surface area is 179 Å². The molecule has 0 aliphatic heterocycles. The van der Waals surface area contributed by atoms with Gasteiger partial charge in [0.15, 0.2) is 0 Å². The summed E-state index contributed by atoms with van der Waals surface area (Å²) >= 11 is 0. The van der Waals surface area contributed by atoms with Crippen LogP contribution in [0.5, 0.6) is 0 Å². The lowest BCUT2D eigenvalue weighted by Gasteiger charge is -2.12. The minimum absolute atomic E-state index is 0.218. The van der Waals surface area contributed by atoms with Gasteiger partial charge in [0.1, 0.15) is 5.82 Å². The molecule has 0 spiro atoms. The third-order valence-corrected chi connectivity index (χ3v) is 7.04. The number of hydrogen-bond donors (Lipinski definition) is 0. The van der Waals surface area contributed by atoms with Gasteiger partial charge in [-0.1, -0.05) is 42.5 Å². The number of halogens is 1. The standard InChI is InChI=1S/C25H17FN2O2S/c26-22-10-7-18(8-11-22)19-5-6-21-16-23(12-9-20(21)15-19)31(29,30)25-4-2-1-3-24(25)28-14-13-27-17-28/h1-17H. The second-order valence-corrected chi connectivity index (χ2v) is 9.09. The molecule has 4 aromatic carbocycles. The van der Waals surface area contributed by atoms with Crippen LogP contribution in [-0.4, -0.2) is 18.0 Å². The summed E-state index contributed by atoms with van der Waals surface area (Å²) in [5.41, 5.74) is 2.38. The van der Waals surface area contributed by atoms with Crippen molar-refractivity contribution in [3.05, 3.63) is 109 Å². The summed E-state index contributed by atoms with van der Waals surface area (Å²) in [6, 6.07) is 24.0. The number of para-hydroxylation sites is 1. The lowest BCUT2D eigenvalue weighted by atomic mass is 10.0. The Balaban J connectivity index is 1.58. The number of aromatic nitrogens is 2. The van der Waals surface area contributed by atoms with Crippen LogP contribution >= 0.6 is 0 Å². The van der Waals surface area contributed by atoms with Crippen molar-refractivity contribution in [3.8, 4) is 16.8 Å². The summed E-state index contributed by atoms with van der Waals surface area (Å²) in [4.78, 5) is 4.46. The molecule has 0 bridgehead atoms. The Hall–Kier alpha value is -3.77. The lowest BCUT2D eigenvalue weighted by Crippen LogP contribution is -2.07. The topological polar surface area (TPSA) is 52.0 Å². The van der Waals surface area contributed by atoms with Crippen LogP contribution in [-0.2, 0) is 9.84 Å². The van der Waals surface area contributed by atoms with Gasteiger partial charge in [-0.2, -0.15) is 0 Å². The first kappa shape index (κ1) is 19.2. The van der Waals surface area contributed by atoms with E-state index in [4.69, 9.17) is 0 Å². The van der Waals surface area contributed by atoms with Crippen molar-refractivity contribution in [3.63, 3.8) is 0 Å². The summed E-state index contributed by atoms with van der Waals surface area (Å²) in [6.45, 7) is 0. The highest BCUT2D eigenvalue weighted by Gasteiger charge is 2.22. The van der Waals surface area contributed by atoms with E-state index in [1.54, 1.807) is 77.9 Å². The fourth-order valence-corrected chi connectivity index (χ4v) is 5.13. The van der Waals surface area contributed by atoms with Gasteiger partial charge >= 0.3 is 0 Å². The third kappa shape index (κ3) is 3.51. The first-order valence-corrected chi connectivity index (χ1v) is 11.1. The van der Waals surface area contributed by atoms with E-state index in [9.17, 15) is 12.8 Å². The van der Waals surface area contributed by atoms with Crippen molar-refractivity contribution in [1.82, 2.24) is 9.55 Å². The second-order valence-electron chi connectivity index (χ2n) is 7.17. The van der Waals surface area contributed by atoms with E-state index in [-0.39, 0.29) is 15.6 Å². The largest absolute Gasteiger partial charge is 0.305 e. The monoisotopic (exact) mass is 428 g/mol. The van der Waals surface area contributed by atoms with Crippen molar-refractivity contribution >= 4 is 20.6 Å². The van der Waals surface area contributed by atoms with Gasteiger partial charge in [-0.05, 0) is 64.4 Å². The number of sulfone groups is 1. The zero-order valence-electron chi connectivity index (χ0n) is 16.3. The molecule has 6 heteroatoms. The summed E-state index contributed by atoms with van der Waals surface area (Å²) in [5, 5.41) is 1.72. The maximum absolute atomic E-state index is 13.4. The zero-order chi connectivity index (χ0) is 21.4. The Bertz CT molecular complexity index is 1490. The fraction of sp³-hybridized carbons (Fsp3) is 0. The van der Waals surface area contributed by atoms with Crippen molar-refractivity contribution < 1.29 is 12.8 Å². The number of benzene rings is 4. The highest BCUT2D eigenvalue weighted by molar-refractivity contribution is 7.91. The molecule has 0 saturated heterocycles. The molecular weight excluding hydrogens is 411 g/mol.